The molecule has 2 aromatic rings. The first kappa shape index (κ1) is 21.2. The molecule has 28 heavy (non-hydrogen) atoms. The van der Waals surface area contributed by atoms with Crippen LogP contribution in [-0.2, 0) is 9.53 Å². The van der Waals surface area contributed by atoms with Gasteiger partial charge < -0.3 is 20.1 Å². The van der Waals surface area contributed by atoms with Gasteiger partial charge in [0.05, 0.1) is 11.9 Å². The second kappa shape index (κ2) is 8.73. The van der Waals surface area contributed by atoms with Gasteiger partial charge in [-0.15, -0.1) is 0 Å². The van der Waals surface area contributed by atoms with Crippen LogP contribution < -0.4 is 15.4 Å². The number of hydrogen-bond donors (Lipinski definition) is 2. The zero-order valence-corrected chi connectivity index (χ0v) is 17.1. The highest BCUT2D eigenvalue weighted by molar-refractivity contribution is 5.96. The number of rotatable bonds is 5. The lowest BCUT2D eigenvalue weighted by molar-refractivity contribution is -0.117. The summed E-state index contributed by atoms with van der Waals surface area (Å²) >= 11 is 0. The number of ether oxygens (including phenoxy) is 2. The molecule has 0 aliphatic heterocycles. The van der Waals surface area contributed by atoms with Crippen molar-refractivity contribution in [1.82, 2.24) is 10.3 Å². The van der Waals surface area contributed by atoms with Gasteiger partial charge >= 0.3 is 6.09 Å². The SMILES string of the molecule is Cc1ccc(C)c(Oc2ccc(NC(=O)C(C)NC(=O)OC(C)(C)C)cn2)c1. The van der Waals surface area contributed by atoms with Crippen molar-refractivity contribution in [2.24, 2.45) is 0 Å². The lowest BCUT2D eigenvalue weighted by Crippen LogP contribution is -2.43. The van der Waals surface area contributed by atoms with E-state index in [2.05, 4.69) is 15.6 Å². The summed E-state index contributed by atoms with van der Waals surface area (Å²) in [4.78, 5) is 28.2. The number of hydrogen-bond acceptors (Lipinski definition) is 5. The number of alkyl carbamates (subject to hydrolysis) is 1. The van der Waals surface area contributed by atoms with Crippen LogP contribution in [0, 0.1) is 13.8 Å². The molecule has 2 amide bonds. The van der Waals surface area contributed by atoms with E-state index in [1.54, 1.807) is 39.8 Å². The minimum atomic E-state index is -0.763. The van der Waals surface area contributed by atoms with Crippen molar-refractivity contribution in [3.8, 4) is 11.6 Å². The molecule has 2 rings (SSSR count). The van der Waals surface area contributed by atoms with Crippen LogP contribution in [0.3, 0.4) is 0 Å². The minimum absolute atomic E-state index is 0.379. The highest BCUT2D eigenvalue weighted by Gasteiger charge is 2.21. The first-order valence-electron chi connectivity index (χ1n) is 9.05. The average Bonchev–Trinajstić information content (AvgIpc) is 2.58. The summed E-state index contributed by atoms with van der Waals surface area (Å²) in [6.07, 6.45) is 0.851. The van der Waals surface area contributed by atoms with Gasteiger partial charge in [-0.3, -0.25) is 4.79 Å². The molecule has 0 spiro atoms. The topological polar surface area (TPSA) is 89.6 Å². The predicted octanol–water partition coefficient (Wildman–Crippen LogP) is 4.34. The van der Waals surface area contributed by atoms with E-state index in [4.69, 9.17) is 9.47 Å². The molecule has 0 aliphatic rings. The molecule has 2 N–H and O–H groups in total. The Labute approximate surface area is 165 Å². The predicted molar refractivity (Wildman–Crippen MR) is 108 cm³/mol. The number of anilines is 1. The first-order valence-corrected chi connectivity index (χ1v) is 9.05. The maximum atomic E-state index is 12.2. The number of aromatic nitrogens is 1. The lowest BCUT2D eigenvalue weighted by Gasteiger charge is -2.21. The van der Waals surface area contributed by atoms with Gasteiger partial charge in [-0.1, -0.05) is 12.1 Å². The van der Waals surface area contributed by atoms with E-state index in [1.807, 2.05) is 32.0 Å². The summed E-state index contributed by atoms with van der Waals surface area (Å²) in [6.45, 7) is 10.8. The highest BCUT2D eigenvalue weighted by atomic mass is 16.6. The molecule has 1 heterocycles. The fourth-order valence-electron chi connectivity index (χ4n) is 2.24. The van der Waals surface area contributed by atoms with Gasteiger partial charge in [0.2, 0.25) is 11.8 Å². The second-order valence-electron chi connectivity index (χ2n) is 7.61. The summed E-state index contributed by atoms with van der Waals surface area (Å²) in [5, 5.41) is 5.19. The molecule has 1 aromatic heterocycles. The van der Waals surface area contributed by atoms with E-state index in [0.717, 1.165) is 16.9 Å². The molecule has 1 unspecified atom stereocenters. The third-order valence-electron chi connectivity index (χ3n) is 3.69. The zero-order chi connectivity index (χ0) is 20.9. The fourth-order valence-corrected chi connectivity index (χ4v) is 2.24. The Morgan fingerprint density at radius 3 is 2.43 bits per heavy atom. The average molecular weight is 385 g/mol. The van der Waals surface area contributed by atoms with Crippen LogP contribution in [0.25, 0.3) is 0 Å². The number of carbonyl (C=O) groups excluding carboxylic acids is 2. The van der Waals surface area contributed by atoms with E-state index < -0.39 is 17.7 Å². The van der Waals surface area contributed by atoms with Gasteiger partial charge in [-0.2, -0.15) is 0 Å². The summed E-state index contributed by atoms with van der Waals surface area (Å²) < 4.78 is 10.9. The van der Waals surface area contributed by atoms with Crippen molar-refractivity contribution < 1.29 is 19.1 Å². The quantitative estimate of drug-likeness (QED) is 0.799. The summed E-state index contributed by atoms with van der Waals surface area (Å²) in [5.74, 6) is 0.780. The number of nitrogens with one attached hydrogen (secondary N) is 2. The normalized spacial score (nSPS) is 12.1. The molecule has 0 radical (unpaired) electrons. The van der Waals surface area contributed by atoms with E-state index in [-0.39, 0.29) is 5.91 Å². The maximum absolute atomic E-state index is 12.2. The first-order chi connectivity index (χ1) is 13.0. The van der Waals surface area contributed by atoms with Crippen LogP contribution in [0.5, 0.6) is 11.6 Å². The van der Waals surface area contributed by atoms with Crippen molar-refractivity contribution in [1.29, 1.82) is 0 Å². The Morgan fingerprint density at radius 2 is 1.82 bits per heavy atom. The van der Waals surface area contributed by atoms with Gasteiger partial charge in [0.15, 0.2) is 0 Å². The highest BCUT2D eigenvalue weighted by Crippen LogP contribution is 2.25. The van der Waals surface area contributed by atoms with Crippen molar-refractivity contribution in [3.63, 3.8) is 0 Å². The molecular formula is C21H27N3O4. The standard InChI is InChI=1S/C21H27N3O4/c1-13-7-8-14(2)17(11-13)27-18-10-9-16(12-22-18)24-19(25)15(3)23-20(26)28-21(4,5)6/h7-12,15H,1-6H3,(H,23,26)(H,24,25). The monoisotopic (exact) mass is 385 g/mol. The Morgan fingerprint density at radius 1 is 1.11 bits per heavy atom. The Kier molecular flexibility index (Phi) is 6.62. The number of benzene rings is 1. The maximum Gasteiger partial charge on any atom is 0.408 e. The molecule has 0 bridgehead atoms. The van der Waals surface area contributed by atoms with Crippen molar-refractivity contribution in [3.05, 3.63) is 47.7 Å². The van der Waals surface area contributed by atoms with Crippen LogP contribution in [0.4, 0.5) is 10.5 Å². The van der Waals surface area contributed by atoms with Crippen LogP contribution in [-0.4, -0.2) is 28.6 Å². The number of amides is 2. The van der Waals surface area contributed by atoms with E-state index >= 15 is 0 Å². The zero-order valence-electron chi connectivity index (χ0n) is 17.1. The summed E-state index contributed by atoms with van der Waals surface area (Å²) in [6, 6.07) is 8.53. The lowest BCUT2D eigenvalue weighted by atomic mass is 10.1. The number of pyridine rings is 1. The number of aryl methyl sites for hydroxylation is 2. The van der Waals surface area contributed by atoms with Gasteiger partial charge in [0.1, 0.15) is 17.4 Å². The van der Waals surface area contributed by atoms with Crippen LogP contribution in [0.1, 0.15) is 38.8 Å². The third kappa shape index (κ3) is 6.57. The van der Waals surface area contributed by atoms with Gasteiger partial charge in [0, 0.05) is 6.07 Å². The Balaban J connectivity index is 1.93. The third-order valence-corrected chi connectivity index (χ3v) is 3.69. The van der Waals surface area contributed by atoms with Crippen LogP contribution in [0.15, 0.2) is 36.5 Å². The van der Waals surface area contributed by atoms with Gasteiger partial charge in [-0.25, -0.2) is 9.78 Å². The minimum Gasteiger partial charge on any atom is -0.444 e. The molecule has 0 fully saturated rings. The van der Waals surface area contributed by atoms with E-state index in [0.29, 0.717) is 11.6 Å². The second-order valence-corrected chi connectivity index (χ2v) is 7.61. The smallest absolute Gasteiger partial charge is 0.408 e. The summed E-state index contributed by atoms with van der Waals surface area (Å²) in [5.41, 5.74) is 1.97. The van der Waals surface area contributed by atoms with Crippen molar-refractivity contribution in [2.75, 3.05) is 5.32 Å². The molecule has 0 saturated carbocycles. The Hall–Kier alpha value is -3.09. The molecule has 0 aliphatic carbocycles. The molecule has 1 atom stereocenters. The molecular weight excluding hydrogens is 358 g/mol. The molecule has 150 valence electrons. The molecule has 7 heteroatoms. The van der Waals surface area contributed by atoms with Gasteiger partial charge in [0.25, 0.3) is 0 Å². The fraction of sp³-hybridized carbons (Fsp3) is 0.381. The van der Waals surface area contributed by atoms with Crippen LogP contribution >= 0.6 is 0 Å². The number of carbonyl (C=O) groups is 2. The number of nitrogens with zero attached hydrogens (tertiary/aromatic N) is 1. The largest absolute Gasteiger partial charge is 0.444 e. The summed E-state index contributed by atoms with van der Waals surface area (Å²) in [7, 11) is 0. The van der Waals surface area contributed by atoms with E-state index in [1.165, 1.54) is 6.20 Å². The molecule has 0 saturated heterocycles. The molecule has 1 aromatic carbocycles. The van der Waals surface area contributed by atoms with Crippen molar-refractivity contribution in [2.45, 2.75) is 53.2 Å². The van der Waals surface area contributed by atoms with Gasteiger partial charge in [-0.05, 0) is 64.8 Å². The van der Waals surface area contributed by atoms with Crippen LogP contribution in [0.2, 0.25) is 0 Å². The molecule has 7 nitrogen and oxygen atoms in total. The van der Waals surface area contributed by atoms with E-state index in [9.17, 15) is 9.59 Å². The Bertz CT molecular complexity index is 842. The van der Waals surface area contributed by atoms with Crippen molar-refractivity contribution >= 4 is 17.7 Å².